The van der Waals surface area contributed by atoms with E-state index in [1.54, 1.807) is 6.92 Å². The van der Waals surface area contributed by atoms with Crippen LogP contribution in [-0.2, 0) is 62.6 Å². The lowest BCUT2D eigenvalue weighted by atomic mass is 9.98. The van der Waals surface area contributed by atoms with E-state index in [4.69, 9.17) is 10.2 Å². The van der Waals surface area contributed by atoms with Gasteiger partial charge in [0.05, 0.1) is 11.8 Å². The lowest BCUT2D eigenvalue weighted by molar-refractivity contribution is -0.143. The number of amides is 7. The average molecular weight is 864 g/mol. The fraction of sp³-hybridized carbons (Fsp3) is 0.686. The van der Waals surface area contributed by atoms with Gasteiger partial charge in [0.1, 0.15) is 46.6 Å². The van der Waals surface area contributed by atoms with Crippen molar-refractivity contribution in [2.24, 2.45) is 11.8 Å². The zero-order valence-electron chi connectivity index (χ0n) is 34.0. The first-order valence-corrected chi connectivity index (χ1v) is 20.7. The molecule has 0 saturated heterocycles. The van der Waals surface area contributed by atoms with Gasteiger partial charge in [-0.15, -0.1) is 0 Å². The molecule has 10 N–H and O–H groups in total. The van der Waals surface area contributed by atoms with Crippen LogP contribution in [0.25, 0.3) is 0 Å². The lowest BCUT2D eigenvalue weighted by Gasteiger charge is -2.30. The summed E-state index contributed by atoms with van der Waals surface area (Å²) in [5.74, 6) is -14.4. The normalized spacial score (nSPS) is 14.3. The molecule has 59 heavy (non-hydrogen) atoms. The van der Waals surface area contributed by atoms with Crippen LogP contribution in [0, 0.1) is 11.8 Å². The Hall–Kier alpha value is -5.68. The number of sulfone groups is 1. The highest BCUT2D eigenvalue weighted by Gasteiger charge is 2.36. The molecular formula is C35H57N7O16S. The Balaban J connectivity index is 6.39. The number of carboxylic acid groups (broad SMARTS) is 3. The van der Waals surface area contributed by atoms with Crippen molar-refractivity contribution in [2.45, 2.75) is 123 Å². The van der Waals surface area contributed by atoms with Crippen LogP contribution in [0.15, 0.2) is 0 Å². The Morgan fingerprint density at radius 3 is 1.32 bits per heavy atom. The summed E-state index contributed by atoms with van der Waals surface area (Å²) in [7, 11) is -3.73. The molecule has 0 heterocycles. The molecule has 0 aromatic heterocycles. The molecule has 7 amide bonds. The quantitative estimate of drug-likeness (QED) is 0.0350. The van der Waals surface area contributed by atoms with Gasteiger partial charge in [-0.05, 0) is 37.5 Å². The van der Waals surface area contributed by atoms with Crippen molar-refractivity contribution in [3.63, 3.8) is 0 Å². The Morgan fingerprint density at radius 1 is 0.525 bits per heavy atom. The Morgan fingerprint density at radius 2 is 0.915 bits per heavy atom. The van der Waals surface area contributed by atoms with Crippen LogP contribution in [0.2, 0.25) is 0 Å². The van der Waals surface area contributed by atoms with E-state index in [2.05, 4.69) is 31.9 Å². The van der Waals surface area contributed by atoms with Gasteiger partial charge in [-0.2, -0.15) is 0 Å². The molecule has 23 nitrogen and oxygen atoms in total. The second-order valence-electron chi connectivity index (χ2n) is 14.4. The van der Waals surface area contributed by atoms with E-state index in [1.165, 1.54) is 27.7 Å². The summed E-state index contributed by atoms with van der Waals surface area (Å²) in [6.45, 7) is 7.86. The molecule has 0 aliphatic carbocycles. The number of nitrogens with one attached hydrogen (secondary N) is 7. The number of carbonyl (C=O) groups excluding carboxylic acids is 8. The first-order chi connectivity index (χ1) is 27.2. The molecule has 0 bridgehead atoms. The predicted molar refractivity (Wildman–Crippen MR) is 206 cm³/mol. The summed E-state index contributed by atoms with van der Waals surface area (Å²) in [6.07, 6.45) is -1.51. The van der Waals surface area contributed by atoms with Crippen molar-refractivity contribution in [2.75, 3.05) is 18.6 Å². The van der Waals surface area contributed by atoms with Gasteiger partial charge >= 0.3 is 17.9 Å². The third-order valence-electron chi connectivity index (χ3n) is 8.36. The van der Waals surface area contributed by atoms with E-state index in [9.17, 15) is 66.3 Å². The minimum Gasteiger partial charge on any atom is -0.481 e. The largest absolute Gasteiger partial charge is 0.481 e. The second-order valence-corrected chi connectivity index (χ2v) is 16.7. The maximum Gasteiger partial charge on any atom is 0.322 e. The number of ketones is 1. The zero-order valence-corrected chi connectivity index (χ0v) is 34.9. The molecule has 0 rings (SSSR count). The third-order valence-corrected chi connectivity index (χ3v) is 9.34. The minimum absolute atomic E-state index is 0.0910. The lowest BCUT2D eigenvalue weighted by Crippen LogP contribution is -2.61. The van der Waals surface area contributed by atoms with Crippen molar-refractivity contribution >= 4 is 74.9 Å². The summed E-state index contributed by atoms with van der Waals surface area (Å²) < 4.78 is 24.1. The van der Waals surface area contributed by atoms with Gasteiger partial charge in [-0.1, -0.05) is 41.0 Å². The van der Waals surface area contributed by atoms with Gasteiger partial charge in [0.15, 0.2) is 0 Å². The number of aliphatic carboxylic acids is 3. The van der Waals surface area contributed by atoms with Crippen LogP contribution in [0.1, 0.15) is 86.5 Å². The van der Waals surface area contributed by atoms with Crippen LogP contribution in [0.5, 0.6) is 0 Å². The predicted octanol–water partition coefficient (Wildman–Crippen LogP) is -3.04. The number of hydrogen-bond acceptors (Lipinski definition) is 13. The first-order valence-electron chi connectivity index (χ1n) is 18.6. The summed E-state index contributed by atoms with van der Waals surface area (Å²) >= 11 is 0. The number of rotatable bonds is 28. The van der Waals surface area contributed by atoms with Crippen LogP contribution in [0.3, 0.4) is 0 Å². The summed E-state index contributed by atoms with van der Waals surface area (Å²) in [6, 6.07) is -9.02. The van der Waals surface area contributed by atoms with Gasteiger partial charge in [0.25, 0.3) is 5.91 Å². The third kappa shape index (κ3) is 21.6. The van der Waals surface area contributed by atoms with Gasteiger partial charge in [0.2, 0.25) is 41.2 Å². The highest BCUT2D eigenvalue weighted by molar-refractivity contribution is 7.90. The molecule has 0 radical (unpaired) electrons. The Kier molecular flexibility index (Phi) is 23.2. The number of Topliss-reactive ketones (excluding diaryl/α,β-unsaturated/α-hetero) is 1. The van der Waals surface area contributed by atoms with Crippen LogP contribution < -0.4 is 37.2 Å². The van der Waals surface area contributed by atoms with Crippen LogP contribution in [-0.4, -0.2) is 144 Å². The monoisotopic (exact) mass is 863 g/mol. The van der Waals surface area contributed by atoms with Crippen LogP contribution in [0.4, 0.5) is 0 Å². The standard InChI is InChI=1S/C35H57N7O16S/c1-8-9-20(29(50)35(56)36-16-26(48)49)38-31(52)23(14-15-59(7,57)58)40-33(54)27(17(2)3)42-34(55)28(18(4)5)41-32(53)22(11-13-25(46)47)39-30(51)21(37-19(6)43)10-12-24(44)45/h17-18,20-23,27-28H,8-16H2,1-7H3,(H,36,56)(H,37,43)(H,38,52)(H,39,51)(H,40,54)(H,41,53)(H,42,55)(H,44,45)(H,46,47)(H,48,49)/t20-,21-,22-,23?,27-,28-/m0/s1. The van der Waals surface area contributed by atoms with E-state index >= 15 is 0 Å². The van der Waals surface area contributed by atoms with Gasteiger partial charge in [-0.25, -0.2) is 8.42 Å². The molecular weight excluding hydrogens is 806 g/mol. The van der Waals surface area contributed by atoms with Gasteiger partial charge in [0, 0.05) is 26.0 Å². The molecule has 0 fully saturated rings. The molecule has 0 aromatic rings. The van der Waals surface area contributed by atoms with Crippen molar-refractivity contribution in [1.29, 1.82) is 0 Å². The van der Waals surface area contributed by atoms with Gasteiger partial charge < -0.3 is 52.5 Å². The van der Waals surface area contributed by atoms with E-state index < -0.39 is 161 Å². The molecule has 0 aliphatic rings. The fourth-order valence-electron chi connectivity index (χ4n) is 5.25. The maximum absolute atomic E-state index is 13.7. The smallest absolute Gasteiger partial charge is 0.322 e. The topological polar surface area (TPSA) is 367 Å². The van der Waals surface area contributed by atoms with E-state index in [-0.39, 0.29) is 19.3 Å². The maximum atomic E-state index is 13.7. The average Bonchev–Trinajstić information content (AvgIpc) is 3.11. The summed E-state index contributed by atoms with van der Waals surface area (Å²) in [4.78, 5) is 137. The van der Waals surface area contributed by atoms with E-state index in [0.717, 1.165) is 13.2 Å². The zero-order chi connectivity index (χ0) is 45.8. The molecule has 0 aromatic carbocycles. The van der Waals surface area contributed by atoms with Crippen molar-refractivity contribution in [3.05, 3.63) is 0 Å². The number of carbonyl (C=O) groups is 11. The van der Waals surface area contributed by atoms with E-state index in [1.807, 2.05) is 5.32 Å². The molecule has 0 aliphatic heterocycles. The molecule has 0 spiro atoms. The van der Waals surface area contributed by atoms with Crippen molar-refractivity contribution in [1.82, 2.24) is 37.2 Å². The summed E-state index contributed by atoms with van der Waals surface area (Å²) in [5.41, 5.74) is 0. The number of hydrogen-bond donors (Lipinski definition) is 10. The minimum atomic E-state index is -3.73. The molecule has 334 valence electrons. The Labute approximate surface area is 341 Å². The van der Waals surface area contributed by atoms with Crippen molar-refractivity contribution < 1.29 is 76.5 Å². The summed E-state index contributed by atoms with van der Waals surface area (Å²) in [5, 5.41) is 43.2. The SMILES string of the molecule is CCC[C@H](NC(=O)C(CCS(C)(=O)=O)NC(=O)[C@@H](NC(=O)[C@@H](NC(=O)[C@H](CCC(=O)O)NC(=O)[C@H](CCC(=O)O)NC(C)=O)C(C)C)C(C)C)C(=O)C(=O)NCC(=O)O. The molecule has 1 unspecified atom stereocenters. The van der Waals surface area contributed by atoms with E-state index in [0.29, 0.717) is 0 Å². The molecule has 24 heteroatoms. The number of carboxylic acids is 3. The van der Waals surface area contributed by atoms with Crippen molar-refractivity contribution in [3.8, 4) is 0 Å². The molecule has 6 atom stereocenters. The fourth-order valence-corrected chi connectivity index (χ4v) is 5.91. The molecule has 0 saturated carbocycles. The van der Waals surface area contributed by atoms with Crippen LogP contribution >= 0.6 is 0 Å². The highest BCUT2D eigenvalue weighted by Crippen LogP contribution is 2.11. The highest BCUT2D eigenvalue weighted by atomic mass is 32.2. The Bertz CT molecular complexity index is 1680. The first kappa shape index (κ1) is 53.3. The second kappa shape index (κ2) is 25.6. The van der Waals surface area contributed by atoms with Gasteiger partial charge in [-0.3, -0.25) is 52.7 Å².